The Kier molecular flexibility index (Phi) is 3.27. The lowest BCUT2D eigenvalue weighted by Gasteiger charge is -2.07. The summed E-state index contributed by atoms with van der Waals surface area (Å²) in [5.74, 6) is 0. The van der Waals surface area contributed by atoms with Crippen molar-refractivity contribution in [3.63, 3.8) is 0 Å². The number of pyridine rings is 1. The molecule has 3 rings (SSSR count). The van der Waals surface area contributed by atoms with Crippen molar-refractivity contribution in [1.82, 2.24) is 4.98 Å². The Morgan fingerprint density at radius 3 is 2.55 bits per heavy atom. The number of nitrogens with one attached hydrogen (secondary N) is 2. The molecule has 0 aliphatic heterocycles. The number of nitrogens with zero attached hydrogens (tertiary/aromatic N) is 3. The van der Waals surface area contributed by atoms with Crippen LogP contribution in [0, 0.1) is 22.7 Å². The van der Waals surface area contributed by atoms with E-state index >= 15 is 0 Å². The summed E-state index contributed by atoms with van der Waals surface area (Å²) in [6, 6.07) is 15.7. The number of H-pyrrole nitrogens is 1. The molecular formula is C16H9N5O. The van der Waals surface area contributed by atoms with E-state index in [9.17, 15) is 4.79 Å². The van der Waals surface area contributed by atoms with Crippen LogP contribution in [0.2, 0.25) is 0 Å². The van der Waals surface area contributed by atoms with Crippen LogP contribution in [-0.4, -0.2) is 10.7 Å². The Bertz CT molecular complexity index is 1030. The first-order valence-corrected chi connectivity index (χ1v) is 6.42. The maximum atomic E-state index is 12.5. The van der Waals surface area contributed by atoms with Crippen LogP contribution in [0.1, 0.15) is 0 Å². The zero-order valence-corrected chi connectivity index (χ0v) is 11.3. The molecule has 3 aromatic rings. The molecule has 0 fully saturated rings. The number of hydrazone groups is 1. The molecule has 0 amide bonds. The fourth-order valence-corrected chi connectivity index (χ4v) is 2.23. The molecule has 0 saturated heterocycles. The Morgan fingerprint density at radius 1 is 1.05 bits per heavy atom. The molecule has 6 heteroatoms. The molecule has 0 aliphatic rings. The predicted octanol–water partition coefficient (Wildman–Crippen LogP) is 2.50. The van der Waals surface area contributed by atoms with Crippen molar-refractivity contribution < 1.29 is 0 Å². The number of hydrogen-bond donors (Lipinski definition) is 2. The third-order valence-electron chi connectivity index (χ3n) is 3.24. The summed E-state index contributed by atoms with van der Waals surface area (Å²) in [6.07, 6.45) is 0. The fourth-order valence-electron chi connectivity index (χ4n) is 2.23. The Labute approximate surface area is 124 Å². The normalized spacial score (nSPS) is 9.91. The number of hydrogen-bond acceptors (Lipinski definition) is 5. The molecule has 0 spiro atoms. The van der Waals surface area contributed by atoms with Gasteiger partial charge >= 0.3 is 0 Å². The molecule has 0 unspecified atom stereocenters. The van der Waals surface area contributed by atoms with Crippen LogP contribution in [0.5, 0.6) is 0 Å². The molecule has 0 atom stereocenters. The lowest BCUT2D eigenvalue weighted by molar-refractivity contribution is 1.33. The lowest BCUT2D eigenvalue weighted by Crippen LogP contribution is -2.06. The van der Waals surface area contributed by atoms with Gasteiger partial charge in [-0.15, -0.1) is 0 Å². The van der Waals surface area contributed by atoms with Crippen LogP contribution in [-0.2, 0) is 0 Å². The van der Waals surface area contributed by atoms with E-state index < -0.39 is 0 Å². The van der Waals surface area contributed by atoms with Crippen LogP contribution in [0.4, 0.5) is 5.69 Å². The standard InChI is InChI=1S/C16H9N5O/c17-8-10(9-18)20-21-14-7-3-5-12-15(14)19-13-6-2-1-4-11(13)16(12)22/h1-7,21H,(H,19,22). The second-order valence-electron chi connectivity index (χ2n) is 4.52. The molecular weight excluding hydrogens is 278 g/mol. The zero-order valence-electron chi connectivity index (χ0n) is 11.3. The van der Waals surface area contributed by atoms with Crippen molar-refractivity contribution in [3.8, 4) is 12.1 Å². The summed E-state index contributed by atoms with van der Waals surface area (Å²) in [5, 5.41) is 22.2. The number of rotatable bonds is 2. The van der Waals surface area contributed by atoms with E-state index in [1.165, 1.54) is 0 Å². The van der Waals surface area contributed by atoms with Crippen LogP contribution in [0.3, 0.4) is 0 Å². The van der Waals surface area contributed by atoms with E-state index in [4.69, 9.17) is 10.5 Å². The monoisotopic (exact) mass is 287 g/mol. The van der Waals surface area contributed by atoms with Gasteiger partial charge in [0, 0.05) is 16.3 Å². The van der Waals surface area contributed by atoms with Gasteiger partial charge in [0.1, 0.15) is 12.1 Å². The fraction of sp³-hybridized carbons (Fsp3) is 0. The van der Waals surface area contributed by atoms with E-state index in [1.807, 2.05) is 18.2 Å². The minimum absolute atomic E-state index is 0.0854. The van der Waals surface area contributed by atoms with Gasteiger partial charge in [-0.1, -0.05) is 18.2 Å². The summed E-state index contributed by atoms with van der Waals surface area (Å²) in [5.41, 5.74) is 4.08. The number of aromatic nitrogens is 1. The van der Waals surface area contributed by atoms with Gasteiger partial charge in [-0.3, -0.25) is 10.2 Å². The summed E-state index contributed by atoms with van der Waals surface area (Å²) < 4.78 is 0. The highest BCUT2D eigenvalue weighted by atomic mass is 16.1. The first kappa shape index (κ1) is 13.3. The Morgan fingerprint density at radius 2 is 1.77 bits per heavy atom. The number of fused-ring (bicyclic) bond motifs is 2. The SMILES string of the molecule is N#CC(C#N)=NNc1cccc2c(=O)c3ccccc3[nH]c12. The first-order chi connectivity index (χ1) is 10.7. The maximum Gasteiger partial charge on any atom is 0.237 e. The Balaban J connectivity index is 2.26. The molecule has 104 valence electrons. The van der Waals surface area contributed by atoms with Crippen molar-refractivity contribution in [2.24, 2.45) is 5.10 Å². The smallest absolute Gasteiger partial charge is 0.237 e. The highest BCUT2D eigenvalue weighted by molar-refractivity contribution is 6.10. The van der Waals surface area contributed by atoms with E-state index in [-0.39, 0.29) is 11.1 Å². The van der Waals surface area contributed by atoms with E-state index in [1.54, 1.807) is 36.4 Å². The van der Waals surface area contributed by atoms with Gasteiger partial charge in [-0.05, 0) is 24.3 Å². The molecule has 22 heavy (non-hydrogen) atoms. The summed E-state index contributed by atoms with van der Waals surface area (Å²) in [4.78, 5) is 15.7. The number of para-hydroxylation sites is 2. The largest absolute Gasteiger partial charge is 0.353 e. The average molecular weight is 287 g/mol. The van der Waals surface area contributed by atoms with Crippen LogP contribution in [0.15, 0.2) is 52.4 Å². The minimum Gasteiger partial charge on any atom is -0.353 e. The second-order valence-corrected chi connectivity index (χ2v) is 4.52. The first-order valence-electron chi connectivity index (χ1n) is 6.42. The van der Waals surface area contributed by atoms with Crippen molar-refractivity contribution in [3.05, 3.63) is 52.7 Å². The van der Waals surface area contributed by atoms with Gasteiger partial charge in [0.25, 0.3) is 0 Å². The Hall–Kier alpha value is -3.64. The van der Waals surface area contributed by atoms with Crippen LogP contribution in [0.25, 0.3) is 21.8 Å². The van der Waals surface area contributed by atoms with Crippen LogP contribution < -0.4 is 10.9 Å². The molecule has 1 heterocycles. The average Bonchev–Trinajstić information content (AvgIpc) is 2.56. The van der Waals surface area contributed by atoms with E-state index in [0.717, 1.165) is 0 Å². The van der Waals surface area contributed by atoms with Crippen molar-refractivity contribution in [2.45, 2.75) is 0 Å². The summed E-state index contributed by atoms with van der Waals surface area (Å²) in [7, 11) is 0. The number of aromatic amines is 1. The van der Waals surface area contributed by atoms with Crippen molar-refractivity contribution in [2.75, 3.05) is 5.43 Å². The molecule has 6 nitrogen and oxygen atoms in total. The van der Waals surface area contributed by atoms with E-state index in [0.29, 0.717) is 27.5 Å². The molecule has 2 N–H and O–H groups in total. The quantitative estimate of drug-likeness (QED) is 0.429. The summed E-state index contributed by atoms with van der Waals surface area (Å²) >= 11 is 0. The topological polar surface area (TPSA) is 105 Å². The highest BCUT2D eigenvalue weighted by Gasteiger charge is 2.08. The maximum absolute atomic E-state index is 12.5. The van der Waals surface area contributed by atoms with E-state index in [2.05, 4.69) is 15.5 Å². The van der Waals surface area contributed by atoms with Gasteiger partial charge in [0.15, 0.2) is 5.43 Å². The second kappa shape index (κ2) is 5.39. The highest BCUT2D eigenvalue weighted by Crippen LogP contribution is 2.21. The predicted molar refractivity (Wildman–Crippen MR) is 84.4 cm³/mol. The van der Waals surface area contributed by atoms with Gasteiger partial charge in [-0.2, -0.15) is 15.6 Å². The number of nitriles is 2. The molecule has 1 aromatic heterocycles. The van der Waals surface area contributed by atoms with Gasteiger partial charge in [-0.25, -0.2) is 0 Å². The zero-order chi connectivity index (χ0) is 15.5. The molecule has 2 aromatic carbocycles. The molecule has 0 bridgehead atoms. The molecule has 0 radical (unpaired) electrons. The number of benzene rings is 2. The minimum atomic E-state index is -0.292. The third kappa shape index (κ3) is 2.15. The van der Waals surface area contributed by atoms with Crippen molar-refractivity contribution in [1.29, 1.82) is 10.5 Å². The van der Waals surface area contributed by atoms with Crippen LogP contribution >= 0.6 is 0 Å². The van der Waals surface area contributed by atoms with Crippen molar-refractivity contribution >= 4 is 33.2 Å². The lowest BCUT2D eigenvalue weighted by atomic mass is 10.1. The van der Waals surface area contributed by atoms with Gasteiger partial charge in [0.2, 0.25) is 5.71 Å². The van der Waals surface area contributed by atoms with Gasteiger partial charge < -0.3 is 4.98 Å². The molecule has 0 saturated carbocycles. The van der Waals surface area contributed by atoms with Gasteiger partial charge in [0.05, 0.1) is 11.2 Å². The number of anilines is 1. The summed E-state index contributed by atoms with van der Waals surface area (Å²) in [6.45, 7) is 0. The molecule has 0 aliphatic carbocycles. The third-order valence-corrected chi connectivity index (χ3v) is 3.24.